The molecule has 1 amide bonds. The van der Waals surface area contributed by atoms with Gasteiger partial charge in [-0.3, -0.25) is 9.89 Å². The Morgan fingerprint density at radius 2 is 2.12 bits per heavy atom. The van der Waals surface area contributed by atoms with Gasteiger partial charge in [0.15, 0.2) is 5.82 Å². The monoisotopic (exact) mass is 355 g/mol. The molecule has 3 rings (SSSR count). The molecule has 0 spiro atoms. The van der Waals surface area contributed by atoms with Crippen LogP contribution in [0.2, 0.25) is 0 Å². The smallest absolute Gasteiger partial charge is 0.251 e. The molecular formula is C18H21N5OS. The summed E-state index contributed by atoms with van der Waals surface area (Å²) >= 11 is 1.77. The molecule has 1 atom stereocenters. The van der Waals surface area contributed by atoms with Gasteiger partial charge in [-0.25, -0.2) is 4.98 Å². The second-order valence-electron chi connectivity index (χ2n) is 5.92. The summed E-state index contributed by atoms with van der Waals surface area (Å²) in [5.41, 5.74) is 1.52. The summed E-state index contributed by atoms with van der Waals surface area (Å²) in [6, 6.07) is 11.4. The summed E-state index contributed by atoms with van der Waals surface area (Å²) < 4.78 is 0. The molecule has 3 N–H and O–H groups in total. The van der Waals surface area contributed by atoms with Crippen LogP contribution in [-0.4, -0.2) is 21.1 Å². The highest BCUT2D eigenvalue weighted by molar-refractivity contribution is 7.11. The number of rotatable bonds is 6. The van der Waals surface area contributed by atoms with Crippen LogP contribution in [0.5, 0.6) is 0 Å². The fourth-order valence-electron chi connectivity index (χ4n) is 2.44. The first-order valence-corrected chi connectivity index (χ1v) is 8.92. The molecule has 0 saturated heterocycles. The highest BCUT2D eigenvalue weighted by Crippen LogP contribution is 2.18. The highest BCUT2D eigenvalue weighted by Gasteiger charge is 2.15. The molecule has 130 valence electrons. The van der Waals surface area contributed by atoms with Gasteiger partial charge in [-0.2, -0.15) is 5.10 Å². The number of H-pyrrole nitrogens is 1. The van der Waals surface area contributed by atoms with Gasteiger partial charge in [0, 0.05) is 27.5 Å². The van der Waals surface area contributed by atoms with Crippen LogP contribution in [-0.2, 0) is 6.54 Å². The molecule has 0 fully saturated rings. The lowest BCUT2D eigenvalue weighted by Crippen LogP contribution is -2.27. The van der Waals surface area contributed by atoms with E-state index in [0.717, 1.165) is 18.1 Å². The maximum absolute atomic E-state index is 12.5. The number of hydrogen-bond donors (Lipinski definition) is 3. The van der Waals surface area contributed by atoms with E-state index in [1.165, 1.54) is 9.75 Å². The minimum absolute atomic E-state index is 0.148. The van der Waals surface area contributed by atoms with Crippen molar-refractivity contribution in [1.82, 2.24) is 20.5 Å². The first-order valence-electron chi connectivity index (χ1n) is 8.10. The zero-order valence-electron chi connectivity index (χ0n) is 14.5. The van der Waals surface area contributed by atoms with Crippen LogP contribution >= 0.6 is 11.3 Å². The number of benzene rings is 1. The van der Waals surface area contributed by atoms with Crippen molar-refractivity contribution >= 4 is 22.9 Å². The Kier molecular flexibility index (Phi) is 5.14. The topological polar surface area (TPSA) is 82.7 Å². The van der Waals surface area contributed by atoms with E-state index in [4.69, 9.17) is 0 Å². The second-order valence-corrected chi connectivity index (χ2v) is 7.29. The number of aromatic nitrogens is 3. The lowest BCUT2D eigenvalue weighted by atomic mass is 10.1. The number of carbonyl (C=O) groups excluding carboxylic acids is 1. The molecule has 1 aromatic carbocycles. The van der Waals surface area contributed by atoms with Gasteiger partial charge in [-0.05, 0) is 51.1 Å². The third-order valence-corrected chi connectivity index (χ3v) is 4.74. The first-order chi connectivity index (χ1) is 12.0. The molecule has 6 nitrogen and oxygen atoms in total. The lowest BCUT2D eigenvalue weighted by molar-refractivity contribution is 0.0938. The number of aromatic amines is 1. The fourth-order valence-corrected chi connectivity index (χ4v) is 3.27. The van der Waals surface area contributed by atoms with Gasteiger partial charge in [0.25, 0.3) is 5.91 Å². The van der Waals surface area contributed by atoms with Crippen molar-refractivity contribution in [3.05, 3.63) is 63.4 Å². The number of thiophene rings is 1. The summed E-state index contributed by atoms with van der Waals surface area (Å²) in [4.78, 5) is 19.3. The molecular weight excluding hydrogens is 334 g/mol. The lowest BCUT2D eigenvalue weighted by Gasteiger charge is -2.12. The summed E-state index contributed by atoms with van der Waals surface area (Å²) in [7, 11) is 0. The second kappa shape index (κ2) is 7.48. The number of hydrogen-bond acceptors (Lipinski definition) is 5. The molecule has 7 heteroatoms. The van der Waals surface area contributed by atoms with E-state index in [1.54, 1.807) is 17.4 Å². The molecule has 0 aliphatic carbocycles. The number of nitrogens with one attached hydrogen (secondary N) is 3. The summed E-state index contributed by atoms with van der Waals surface area (Å²) in [5, 5.41) is 13.1. The standard InChI is InChI=1S/C18H21N5OS/c1-11-7-8-16(25-11)10-19-15-6-4-5-14(9-15)18(24)20-12(2)17-21-13(3)22-23-17/h4-9,12,19H,10H2,1-3H3,(H,20,24)(H,21,22,23)/t12-/m1/s1. The van der Waals surface area contributed by atoms with E-state index >= 15 is 0 Å². The van der Waals surface area contributed by atoms with Crippen LogP contribution in [0.1, 0.15) is 44.7 Å². The average molecular weight is 355 g/mol. The predicted molar refractivity (Wildman–Crippen MR) is 99.8 cm³/mol. The molecule has 25 heavy (non-hydrogen) atoms. The van der Waals surface area contributed by atoms with Crippen LogP contribution in [0.4, 0.5) is 5.69 Å². The van der Waals surface area contributed by atoms with Gasteiger partial charge >= 0.3 is 0 Å². The zero-order valence-corrected chi connectivity index (χ0v) is 15.3. The number of aryl methyl sites for hydroxylation is 2. The molecule has 0 bridgehead atoms. The van der Waals surface area contributed by atoms with Crippen molar-refractivity contribution in [1.29, 1.82) is 0 Å². The Bertz CT molecular complexity index is 870. The third-order valence-electron chi connectivity index (χ3n) is 3.74. The van der Waals surface area contributed by atoms with Gasteiger partial charge in [0.1, 0.15) is 5.82 Å². The van der Waals surface area contributed by atoms with E-state index in [9.17, 15) is 4.79 Å². The van der Waals surface area contributed by atoms with Crippen LogP contribution in [0.3, 0.4) is 0 Å². The molecule has 0 radical (unpaired) electrons. The molecule has 0 unspecified atom stereocenters. The maximum atomic E-state index is 12.5. The number of anilines is 1. The summed E-state index contributed by atoms with van der Waals surface area (Å²) in [6.45, 7) is 6.53. The predicted octanol–water partition coefficient (Wildman–Crippen LogP) is 3.59. The molecule has 0 aliphatic heterocycles. The normalized spacial score (nSPS) is 12.0. The molecule has 3 aromatic rings. The van der Waals surface area contributed by atoms with Gasteiger partial charge in [-0.15, -0.1) is 11.3 Å². The summed E-state index contributed by atoms with van der Waals surface area (Å²) in [5.74, 6) is 1.16. The molecule has 0 aliphatic rings. The zero-order chi connectivity index (χ0) is 17.8. The Morgan fingerprint density at radius 3 is 2.80 bits per heavy atom. The summed E-state index contributed by atoms with van der Waals surface area (Å²) in [6.07, 6.45) is 0. The van der Waals surface area contributed by atoms with Crippen LogP contribution in [0.15, 0.2) is 36.4 Å². The SMILES string of the molecule is Cc1nc([C@@H](C)NC(=O)c2cccc(NCc3ccc(C)s3)c2)n[nH]1. The minimum Gasteiger partial charge on any atom is -0.380 e. The average Bonchev–Trinajstić information content (AvgIpc) is 3.21. The number of amides is 1. The van der Waals surface area contributed by atoms with Crippen molar-refractivity contribution in [2.24, 2.45) is 0 Å². The number of nitrogens with zero attached hydrogens (tertiary/aromatic N) is 2. The van der Waals surface area contributed by atoms with E-state index in [1.807, 2.05) is 32.0 Å². The van der Waals surface area contributed by atoms with Crippen LogP contribution in [0, 0.1) is 13.8 Å². The van der Waals surface area contributed by atoms with Gasteiger partial charge in [-0.1, -0.05) is 6.07 Å². The van der Waals surface area contributed by atoms with Crippen molar-refractivity contribution in [3.8, 4) is 0 Å². The highest BCUT2D eigenvalue weighted by atomic mass is 32.1. The molecule has 2 aromatic heterocycles. The molecule has 2 heterocycles. The third kappa shape index (κ3) is 4.45. The van der Waals surface area contributed by atoms with Crippen LogP contribution in [0.25, 0.3) is 0 Å². The van der Waals surface area contributed by atoms with E-state index in [2.05, 4.69) is 44.9 Å². The van der Waals surface area contributed by atoms with Crippen molar-refractivity contribution in [2.45, 2.75) is 33.4 Å². The first kappa shape index (κ1) is 17.2. The minimum atomic E-state index is -0.261. The van der Waals surface area contributed by atoms with Gasteiger partial charge in [0.2, 0.25) is 0 Å². The Labute approximate surface area is 150 Å². The van der Waals surface area contributed by atoms with E-state index in [0.29, 0.717) is 11.4 Å². The Hall–Kier alpha value is -2.67. The number of carbonyl (C=O) groups is 1. The van der Waals surface area contributed by atoms with E-state index < -0.39 is 0 Å². The van der Waals surface area contributed by atoms with Crippen LogP contribution < -0.4 is 10.6 Å². The Morgan fingerprint density at radius 1 is 1.28 bits per heavy atom. The van der Waals surface area contributed by atoms with Gasteiger partial charge in [0.05, 0.1) is 6.04 Å². The fraction of sp³-hybridized carbons (Fsp3) is 0.278. The largest absolute Gasteiger partial charge is 0.380 e. The quantitative estimate of drug-likeness (QED) is 0.631. The van der Waals surface area contributed by atoms with E-state index in [-0.39, 0.29) is 11.9 Å². The van der Waals surface area contributed by atoms with Gasteiger partial charge < -0.3 is 10.6 Å². The van der Waals surface area contributed by atoms with Crippen molar-refractivity contribution < 1.29 is 4.79 Å². The van der Waals surface area contributed by atoms with Crippen molar-refractivity contribution in [3.63, 3.8) is 0 Å². The maximum Gasteiger partial charge on any atom is 0.251 e. The van der Waals surface area contributed by atoms with Crippen molar-refractivity contribution in [2.75, 3.05) is 5.32 Å². The Balaban J connectivity index is 1.62. The molecule has 0 saturated carbocycles.